The second-order valence-corrected chi connectivity index (χ2v) is 4.59. The van der Waals surface area contributed by atoms with Crippen LogP contribution in [0.5, 0.6) is 11.8 Å². The molecule has 0 atom stereocenters. The van der Waals surface area contributed by atoms with Crippen LogP contribution in [0.1, 0.15) is 30.9 Å². The molecule has 0 spiro atoms. The third kappa shape index (κ3) is 2.27. The van der Waals surface area contributed by atoms with Gasteiger partial charge in [0.25, 0.3) is 0 Å². The zero-order valence-electron chi connectivity index (χ0n) is 11.0. The second kappa shape index (κ2) is 4.64. The van der Waals surface area contributed by atoms with Crippen LogP contribution in [0.25, 0.3) is 0 Å². The van der Waals surface area contributed by atoms with E-state index in [0.717, 1.165) is 22.6 Å². The Morgan fingerprint density at radius 3 is 2.61 bits per heavy atom. The Morgan fingerprint density at radius 1 is 1.33 bits per heavy atom. The van der Waals surface area contributed by atoms with Crippen molar-refractivity contribution in [2.45, 2.75) is 26.7 Å². The van der Waals surface area contributed by atoms with Gasteiger partial charge >= 0.3 is 6.01 Å². The number of benzene rings is 1. The molecule has 1 aromatic carbocycles. The summed E-state index contributed by atoms with van der Waals surface area (Å²) in [6.07, 6.45) is 0. The molecule has 0 fully saturated rings. The fraction of sp³-hybridized carbons (Fsp3) is 0.417. The molecule has 2 N–H and O–H groups in total. The fourth-order valence-corrected chi connectivity index (χ4v) is 1.66. The number of anilines is 1. The summed E-state index contributed by atoms with van der Waals surface area (Å²) in [7, 11) is 1.73. The summed E-state index contributed by atoms with van der Waals surface area (Å²) in [6, 6.07) is 4.22. The molecule has 0 unspecified atom stereocenters. The van der Waals surface area contributed by atoms with Gasteiger partial charge in [-0.3, -0.25) is 0 Å². The molecule has 0 saturated heterocycles. The molecule has 0 radical (unpaired) electrons. The van der Waals surface area contributed by atoms with Crippen molar-refractivity contribution in [1.29, 1.82) is 0 Å². The van der Waals surface area contributed by atoms with Crippen molar-refractivity contribution in [2.75, 3.05) is 5.73 Å². The van der Waals surface area contributed by atoms with Crippen LogP contribution in [0.4, 0.5) is 5.69 Å². The summed E-state index contributed by atoms with van der Waals surface area (Å²) in [5.74, 6) is 1.05. The van der Waals surface area contributed by atoms with Crippen molar-refractivity contribution in [1.82, 2.24) is 20.2 Å². The van der Waals surface area contributed by atoms with Crippen LogP contribution in [-0.2, 0) is 7.05 Å². The zero-order chi connectivity index (χ0) is 13.3. The monoisotopic (exact) mass is 247 g/mol. The van der Waals surface area contributed by atoms with Crippen molar-refractivity contribution >= 4 is 5.69 Å². The first-order valence-corrected chi connectivity index (χ1v) is 5.79. The molecule has 6 heteroatoms. The van der Waals surface area contributed by atoms with Crippen molar-refractivity contribution < 1.29 is 4.74 Å². The first-order valence-electron chi connectivity index (χ1n) is 5.79. The molecular weight excluding hydrogens is 230 g/mol. The van der Waals surface area contributed by atoms with Crippen molar-refractivity contribution in [3.05, 3.63) is 23.3 Å². The fourth-order valence-electron chi connectivity index (χ4n) is 1.66. The summed E-state index contributed by atoms with van der Waals surface area (Å²) < 4.78 is 7.23. The molecule has 0 saturated carbocycles. The standard InChI is InChI=1S/C12H17N5O/c1-7(2)9-6-10(13)8(3)5-11(9)18-12-14-15-16-17(12)4/h5-7H,13H2,1-4H3. The van der Waals surface area contributed by atoms with Crippen LogP contribution in [0.15, 0.2) is 12.1 Å². The van der Waals surface area contributed by atoms with Crippen molar-refractivity contribution in [3.8, 4) is 11.8 Å². The van der Waals surface area contributed by atoms with Gasteiger partial charge in [-0.25, -0.2) is 0 Å². The van der Waals surface area contributed by atoms with Crippen LogP contribution in [0, 0.1) is 6.92 Å². The molecule has 0 bridgehead atoms. The molecule has 0 aliphatic rings. The quantitative estimate of drug-likeness (QED) is 0.839. The van der Waals surface area contributed by atoms with Crippen LogP contribution in [0.2, 0.25) is 0 Å². The average Bonchev–Trinajstić information content (AvgIpc) is 2.69. The third-order valence-corrected chi connectivity index (χ3v) is 2.80. The summed E-state index contributed by atoms with van der Waals surface area (Å²) >= 11 is 0. The molecular formula is C12H17N5O. The molecule has 2 rings (SSSR count). The maximum atomic E-state index is 5.93. The van der Waals surface area contributed by atoms with Crippen LogP contribution < -0.4 is 10.5 Å². The molecule has 2 aromatic rings. The van der Waals surface area contributed by atoms with Crippen LogP contribution in [-0.4, -0.2) is 20.2 Å². The molecule has 1 heterocycles. The van der Waals surface area contributed by atoms with E-state index in [2.05, 4.69) is 29.4 Å². The van der Waals surface area contributed by atoms with E-state index >= 15 is 0 Å². The molecule has 0 aliphatic heterocycles. The van der Waals surface area contributed by atoms with E-state index in [0.29, 0.717) is 11.9 Å². The van der Waals surface area contributed by atoms with E-state index in [1.807, 2.05) is 19.1 Å². The number of tetrazole rings is 1. The highest BCUT2D eigenvalue weighted by Crippen LogP contribution is 2.33. The lowest BCUT2D eigenvalue weighted by Gasteiger charge is -2.15. The van der Waals surface area contributed by atoms with Gasteiger partial charge < -0.3 is 10.5 Å². The first-order chi connectivity index (χ1) is 8.49. The summed E-state index contributed by atoms with van der Waals surface area (Å²) in [5.41, 5.74) is 8.71. The molecule has 96 valence electrons. The smallest absolute Gasteiger partial charge is 0.340 e. The van der Waals surface area contributed by atoms with Gasteiger partial charge in [0.2, 0.25) is 0 Å². The SMILES string of the molecule is Cc1cc(Oc2nnnn2C)c(C(C)C)cc1N. The largest absolute Gasteiger partial charge is 0.423 e. The number of hydrogen-bond donors (Lipinski definition) is 1. The minimum Gasteiger partial charge on any atom is -0.423 e. The number of nitrogen functional groups attached to an aromatic ring is 1. The number of rotatable bonds is 3. The van der Waals surface area contributed by atoms with Gasteiger partial charge in [0, 0.05) is 12.7 Å². The normalized spacial score (nSPS) is 10.9. The third-order valence-electron chi connectivity index (χ3n) is 2.80. The Labute approximate surface area is 106 Å². The number of aromatic nitrogens is 4. The predicted molar refractivity (Wildman–Crippen MR) is 68.6 cm³/mol. The summed E-state index contributed by atoms with van der Waals surface area (Å²) in [6.45, 7) is 6.12. The lowest BCUT2D eigenvalue weighted by Crippen LogP contribution is -2.02. The minimum absolute atomic E-state index is 0.309. The van der Waals surface area contributed by atoms with Gasteiger partial charge in [-0.05, 0) is 46.5 Å². The van der Waals surface area contributed by atoms with Gasteiger partial charge in [-0.15, -0.1) is 0 Å². The number of nitrogens with two attached hydrogens (primary N) is 1. The van der Waals surface area contributed by atoms with Crippen molar-refractivity contribution in [3.63, 3.8) is 0 Å². The van der Waals surface area contributed by atoms with Gasteiger partial charge in [0.1, 0.15) is 5.75 Å². The number of aryl methyl sites for hydroxylation is 2. The van der Waals surface area contributed by atoms with E-state index in [9.17, 15) is 0 Å². The minimum atomic E-state index is 0.309. The van der Waals surface area contributed by atoms with Gasteiger partial charge in [0.15, 0.2) is 0 Å². The maximum absolute atomic E-state index is 5.93. The molecule has 0 amide bonds. The van der Waals surface area contributed by atoms with E-state index < -0.39 is 0 Å². The number of hydrogen-bond acceptors (Lipinski definition) is 5. The second-order valence-electron chi connectivity index (χ2n) is 4.59. The highest BCUT2D eigenvalue weighted by atomic mass is 16.5. The molecule has 18 heavy (non-hydrogen) atoms. The summed E-state index contributed by atoms with van der Waals surface area (Å²) in [4.78, 5) is 0. The van der Waals surface area contributed by atoms with Gasteiger partial charge in [0.05, 0.1) is 0 Å². The van der Waals surface area contributed by atoms with Gasteiger partial charge in [-0.2, -0.15) is 4.68 Å². The molecule has 1 aromatic heterocycles. The maximum Gasteiger partial charge on any atom is 0.340 e. The number of ether oxygens (including phenoxy) is 1. The van der Waals surface area contributed by atoms with Crippen LogP contribution >= 0.6 is 0 Å². The van der Waals surface area contributed by atoms with Crippen LogP contribution in [0.3, 0.4) is 0 Å². The lowest BCUT2D eigenvalue weighted by molar-refractivity contribution is 0.408. The topological polar surface area (TPSA) is 78.9 Å². The molecule has 6 nitrogen and oxygen atoms in total. The first kappa shape index (κ1) is 12.3. The summed E-state index contributed by atoms with van der Waals surface area (Å²) in [5, 5.41) is 11.1. The van der Waals surface area contributed by atoms with E-state index in [4.69, 9.17) is 10.5 Å². The Kier molecular flexibility index (Phi) is 3.18. The highest BCUT2D eigenvalue weighted by molar-refractivity contribution is 5.55. The Hall–Kier alpha value is -2.11. The van der Waals surface area contributed by atoms with Crippen molar-refractivity contribution in [2.24, 2.45) is 7.05 Å². The Morgan fingerprint density at radius 2 is 2.06 bits per heavy atom. The highest BCUT2D eigenvalue weighted by Gasteiger charge is 2.13. The zero-order valence-corrected chi connectivity index (χ0v) is 11.0. The molecule has 0 aliphatic carbocycles. The van der Waals surface area contributed by atoms with E-state index in [1.54, 1.807) is 7.05 Å². The Bertz CT molecular complexity index is 562. The van der Waals surface area contributed by atoms with E-state index in [1.165, 1.54) is 4.68 Å². The lowest BCUT2D eigenvalue weighted by atomic mass is 9.99. The predicted octanol–water partition coefficient (Wildman–Crippen LogP) is 2.02. The van der Waals surface area contributed by atoms with E-state index in [-0.39, 0.29) is 0 Å². The Balaban J connectivity index is 2.43. The van der Waals surface area contributed by atoms with Gasteiger partial charge in [-0.1, -0.05) is 18.9 Å². The number of nitrogens with zero attached hydrogens (tertiary/aromatic N) is 4. The average molecular weight is 247 g/mol.